The van der Waals surface area contributed by atoms with E-state index in [9.17, 15) is 0 Å². The third-order valence-corrected chi connectivity index (χ3v) is 3.35. The Kier molecular flexibility index (Phi) is 2.71. The van der Waals surface area contributed by atoms with E-state index in [0.29, 0.717) is 0 Å². The largest absolute Gasteiger partial charge is 0.513 e. The molecule has 1 aromatic rings. The fraction of sp³-hybridized carbons (Fsp3) is 0.615. The first-order chi connectivity index (χ1) is 8.14. The summed E-state index contributed by atoms with van der Waals surface area (Å²) >= 11 is 0. The molecule has 1 saturated carbocycles. The van der Waals surface area contributed by atoms with E-state index < -0.39 is 0 Å². The molecule has 0 bridgehead atoms. The van der Waals surface area contributed by atoms with Gasteiger partial charge in [-0.05, 0) is 30.4 Å². The lowest BCUT2D eigenvalue weighted by Crippen LogP contribution is -2.48. The van der Waals surface area contributed by atoms with Crippen LogP contribution in [0, 0.1) is 5.41 Å². The van der Waals surface area contributed by atoms with Gasteiger partial charge in [-0.25, -0.2) is 0 Å². The van der Waals surface area contributed by atoms with Gasteiger partial charge in [0.15, 0.2) is 0 Å². The molecule has 2 heterocycles. The molecule has 3 nitrogen and oxygen atoms in total. The van der Waals surface area contributed by atoms with E-state index in [1.165, 1.54) is 18.4 Å². The standard InChI is InChI=1S/C13H18BNO2/c1-13(2)8-16-14(17-9-13)12-6-5-11(7-15-12)10-3-4-10/h5-7,10H,3-4,8-9H2,1-2H3. The van der Waals surface area contributed by atoms with Crippen LogP contribution >= 0.6 is 0 Å². The molecule has 2 aliphatic rings. The van der Waals surface area contributed by atoms with Crippen LogP contribution in [0.4, 0.5) is 0 Å². The van der Waals surface area contributed by atoms with Crippen LogP contribution in [-0.2, 0) is 9.31 Å². The number of pyridine rings is 1. The van der Waals surface area contributed by atoms with Gasteiger partial charge in [-0.3, -0.25) is 4.98 Å². The lowest BCUT2D eigenvalue weighted by molar-refractivity contribution is 0.0339. The molecule has 2 fully saturated rings. The monoisotopic (exact) mass is 231 g/mol. The zero-order chi connectivity index (χ0) is 11.9. The van der Waals surface area contributed by atoms with E-state index in [1.54, 1.807) is 0 Å². The van der Waals surface area contributed by atoms with Gasteiger partial charge in [0.1, 0.15) is 0 Å². The van der Waals surface area contributed by atoms with Crippen molar-refractivity contribution < 1.29 is 9.31 Å². The minimum atomic E-state index is -0.281. The minimum absolute atomic E-state index is 0.116. The van der Waals surface area contributed by atoms with Gasteiger partial charge in [0, 0.05) is 24.8 Å². The zero-order valence-electron chi connectivity index (χ0n) is 10.5. The first-order valence-corrected chi connectivity index (χ1v) is 6.33. The molecule has 0 aromatic carbocycles. The van der Waals surface area contributed by atoms with Gasteiger partial charge in [-0.15, -0.1) is 0 Å². The fourth-order valence-electron chi connectivity index (χ4n) is 2.08. The van der Waals surface area contributed by atoms with Crippen molar-refractivity contribution in [3.05, 3.63) is 23.9 Å². The van der Waals surface area contributed by atoms with E-state index in [-0.39, 0.29) is 12.5 Å². The maximum Gasteiger partial charge on any atom is 0.513 e. The van der Waals surface area contributed by atoms with Crippen LogP contribution in [0.5, 0.6) is 0 Å². The highest BCUT2D eigenvalue weighted by molar-refractivity contribution is 6.60. The molecule has 4 heteroatoms. The van der Waals surface area contributed by atoms with Crippen molar-refractivity contribution in [3.63, 3.8) is 0 Å². The molecular weight excluding hydrogens is 213 g/mol. The minimum Gasteiger partial charge on any atom is -0.406 e. The second kappa shape index (κ2) is 4.11. The van der Waals surface area contributed by atoms with Crippen LogP contribution in [0.25, 0.3) is 0 Å². The first kappa shape index (κ1) is 11.2. The van der Waals surface area contributed by atoms with Gasteiger partial charge in [0.2, 0.25) is 0 Å². The molecule has 1 aliphatic carbocycles. The molecule has 90 valence electrons. The Balaban J connectivity index is 1.68. The number of rotatable bonds is 2. The van der Waals surface area contributed by atoms with Crippen LogP contribution < -0.4 is 5.59 Å². The summed E-state index contributed by atoms with van der Waals surface area (Å²) in [6.45, 7) is 5.74. The Hall–Kier alpha value is -0.865. The summed E-state index contributed by atoms with van der Waals surface area (Å²) in [5.74, 6) is 0.753. The average Bonchev–Trinajstić information content (AvgIpc) is 3.13. The maximum atomic E-state index is 5.71. The number of aromatic nitrogens is 1. The van der Waals surface area contributed by atoms with Crippen LogP contribution in [-0.4, -0.2) is 25.3 Å². The summed E-state index contributed by atoms with van der Waals surface area (Å²) in [4.78, 5) is 4.46. The van der Waals surface area contributed by atoms with E-state index in [0.717, 1.165) is 24.7 Å². The van der Waals surface area contributed by atoms with E-state index >= 15 is 0 Å². The normalized spacial score (nSPS) is 23.8. The molecule has 0 N–H and O–H groups in total. The quantitative estimate of drug-likeness (QED) is 0.726. The fourth-order valence-corrected chi connectivity index (χ4v) is 2.08. The van der Waals surface area contributed by atoms with Crippen LogP contribution in [0.2, 0.25) is 0 Å². The molecule has 1 aromatic heterocycles. The number of hydrogen-bond donors (Lipinski definition) is 0. The molecule has 0 spiro atoms. The van der Waals surface area contributed by atoms with Crippen molar-refractivity contribution in [3.8, 4) is 0 Å². The van der Waals surface area contributed by atoms with Crippen LogP contribution in [0.3, 0.4) is 0 Å². The third-order valence-electron chi connectivity index (χ3n) is 3.35. The third kappa shape index (κ3) is 2.53. The molecule has 17 heavy (non-hydrogen) atoms. The lowest BCUT2D eigenvalue weighted by atomic mass is 9.79. The summed E-state index contributed by atoms with van der Waals surface area (Å²) in [5, 5.41) is 0. The number of nitrogens with zero attached hydrogens (tertiary/aromatic N) is 1. The predicted molar refractivity (Wildman–Crippen MR) is 67.3 cm³/mol. The molecule has 1 saturated heterocycles. The van der Waals surface area contributed by atoms with Crippen molar-refractivity contribution in [1.29, 1.82) is 0 Å². The average molecular weight is 231 g/mol. The van der Waals surface area contributed by atoms with Gasteiger partial charge in [-0.2, -0.15) is 0 Å². The van der Waals surface area contributed by atoms with E-state index in [1.807, 2.05) is 12.3 Å². The Morgan fingerprint density at radius 2 is 1.94 bits per heavy atom. The van der Waals surface area contributed by atoms with Gasteiger partial charge < -0.3 is 9.31 Å². The Labute approximate surface area is 103 Å². The Morgan fingerprint density at radius 3 is 2.47 bits per heavy atom. The molecule has 0 atom stereocenters. The topological polar surface area (TPSA) is 31.4 Å². The first-order valence-electron chi connectivity index (χ1n) is 6.33. The van der Waals surface area contributed by atoms with Crippen molar-refractivity contribution in [2.45, 2.75) is 32.6 Å². The molecule has 3 rings (SSSR count). The van der Waals surface area contributed by atoms with Gasteiger partial charge in [0.05, 0.1) is 5.59 Å². The molecule has 0 radical (unpaired) electrons. The van der Waals surface area contributed by atoms with Crippen LogP contribution in [0.15, 0.2) is 18.3 Å². The van der Waals surface area contributed by atoms with Gasteiger partial charge >= 0.3 is 7.12 Å². The van der Waals surface area contributed by atoms with E-state index in [4.69, 9.17) is 9.31 Å². The van der Waals surface area contributed by atoms with Gasteiger partial charge in [-0.1, -0.05) is 19.9 Å². The summed E-state index contributed by atoms with van der Waals surface area (Å²) in [7, 11) is -0.281. The molecule has 0 amide bonds. The predicted octanol–water partition coefficient (Wildman–Crippen LogP) is 1.73. The highest BCUT2D eigenvalue weighted by Crippen LogP contribution is 2.39. The smallest absolute Gasteiger partial charge is 0.406 e. The lowest BCUT2D eigenvalue weighted by Gasteiger charge is -2.32. The molecule has 1 aliphatic heterocycles. The highest BCUT2D eigenvalue weighted by Gasteiger charge is 2.34. The number of hydrogen-bond acceptors (Lipinski definition) is 3. The van der Waals surface area contributed by atoms with Gasteiger partial charge in [0.25, 0.3) is 0 Å². The van der Waals surface area contributed by atoms with Crippen molar-refractivity contribution >= 4 is 12.7 Å². The van der Waals surface area contributed by atoms with Crippen LogP contribution in [0.1, 0.15) is 38.2 Å². The maximum absolute atomic E-state index is 5.71. The van der Waals surface area contributed by atoms with Crippen molar-refractivity contribution in [2.75, 3.05) is 13.2 Å². The Bertz CT molecular complexity index is 390. The summed E-state index contributed by atoms with van der Waals surface area (Å²) < 4.78 is 11.4. The SMILES string of the molecule is CC1(C)COB(c2ccc(C3CC3)cn2)OC1. The second-order valence-corrected chi connectivity index (χ2v) is 5.91. The van der Waals surface area contributed by atoms with Crippen molar-refractivity contribution in [2.24, 2.45) is 5.41 Å². The highest BCUT2D eigenvalue weighted by atomic mass is 16.6. The Morgan fingerprint density at radius 1 is 1.24 bits per heavy atom. The molecular formula is C13H18BNO2. The summed E-state index contributed by atoms with van der Waals surface area (Å²) in [5.41, 5.74) is 2.36. The summed E-state index contributed by atoms with van der Waals surface area (Å²) in [6.07, 6.45) is 4.59. The second-order valence-electron chi connectivity index (χ2n) is 5.91. The summed E-state index contributed by atoms with van der Waals surface area (Å²) in [6, 6.07) is 4.20. The van der Waals surface area contributed by atoms with Crippen molar-refractivity contribution in [1.82, 2.24) is 4.98 Å². The van der Waals surface area contributed by atoms with E-state index in [2.05, 4.69) is 24.9 Å². The molecule has 0 unspecified atom stereocenters. The zero-order valence-corrected chi connectivity index (χ0v) is 10.5.